The fourth-order valence-electron chi connectivity index (χ4n) is 2.79. The molecule has 0 fully saturated rings. The van der Waals surface area contributed by atoms with Crippen molar-refractivity contribution in [1.29, 1.82) is 0 Å². The van der Waals surface area contributed by atoms with E-state index in [1.165, 1.54) is 21.3 Å². The second-order valence-electron chi connectivity index (χ2n) is 9.66. The molecule has 0 aliphatic carbocycles. The summed E-state index contributed by atoms with van der Waals surface area (Å²) in [6.07, 6.45) is 4.86. The van der Waals surface area contributed by atoms with Gasteiger partial charge in [0.05, 0.1) is 0 Å². The third-order valence-corrected chi connectivity index (χ3v) is 7.89. The van der Waals surface area contributed by atoms with Crippen molar-refractivity contribution in [2.75, 3.05) is 0 Å². The first-order valence-corrected chi connectivity index (χ1v) is 13.2. The minimum Gasteiger partial charge on any atom is 0 e. The van der Waals surface area contributed by atoms with E-state index in [1.54, 1.807) is 0 Å². The Balaban J connectivity index is 0.000000338. The van der Waals surface area contributed by atoms with Crippen molar-refractivity contribution in [3.63, 3.8) is 0 Å². The number of ether oxygens (including phenoxy) is 1. The summed E-state index contributed by atoms with van der Waals surface area (Å²) in [4.78, 5) is 18.4. The van der Waals surface area contributed by atoms with Gasteiger partial charge >= 0.3 is 112 Å². The van der Waals surface area contributed by atoms with Gasteiger partial charge in [0.1, 0.15) is 5.76 Å². The predicted molar refractivity (Wildman–Crippen MR) is 137 cm³/mol. The maximum Gasteiger partial charge on any atom is 0 e. The fourth-order valence-corrected chi connectivity index (χ4v) is 4.44. The van der Waals surface area contributed by atoms with Crippen LogP contribution in [0.5, 0.6) is 11.6 Å². The summed E-state index contributed by atoms with van der Waals surface area (Å²) in [7, 11) is 0. The number of aliphatic hydroxyl groups excluding tert-OH is 1. The van der Waals surface area contributed by atoms with Crippen LogP contribution < -0.4 is 4.74 Å². The number of benzene rings is 1. The molecule has 2 heterocycles. The number of hydrogen-bond acceptors (Lipinski definition) is 4. The quantitative estimate of drug-likeness (QED) is 0.121. The van der Waals surface area contributed by atoms with Crippen molar-refractivity contribution in [2.24, 2.45) is 10.8 Å². The first kappa shape index (κ1) is 30.3. The Morgan fingerprint density at radius 2 is 1.76 bits per heavy atom. The van der Waals surface area contributed by atoms with Gasteiger partial charge in [0.25, 0.3) is 0 Å². The molecule has 3 aromatic rings. The van der Waals surface area contributed by atoms with Crippen molar-refractivity contribution in [2.45, 2.75) is 68.2 Å². The molecule has 187 valence electrons. The number of pyridine rings is 1. The Bertz CT molecular complexity index is 1110. The summed E-state index contributed by atoms with van der Waals surface area (Å²) in [5.74, 6) is 1.58. The van der Waals surface area contributed by atoms with E-state index in [1.807, 2.05) is 66.8 Å². The molecule has 0 atom stereocenters. The van der Waals surface area contributed by atoms with Crippen LogP contribution in [0.4, 0.5) is 0 Å². The SMILES string of the molecule is CCC(C)(C)C(=O)/C=C(\O)C(C)(C)CC.Cc1[c-]c(Oc2cc3[se]ccc3cn2)cc(C)c1.[Ir]. The molecule has 1 N–H and O–H groups in total. The van der Waals surface area contributed by atoms with Crippen LogP contribution in [0.15, 0.2) is 47.2 Å². The third-order valence-electron chi connectivity index (χ3n) is 6.05. The van der Waals surface area contributed by atoms with E-state index >= 15 is 0 Å². The Hall–Kier alpha value is -1.71. The molecule has 0 amide bonds. The molecule has 3 rings (SSSR count). The van der Waals surface area contributed by atoms with Crippen molar-refractivity contribution in [1.82, 2.24) is 4.98 Å². The van der Waals surface area contributed by atoms with E-state index in [0.717, 1.165) is 24.2 Å². The van der Waals surface area contributed by atoms with Gasteiger partial charge in [0, 0.05) is 37.0 Å². The minimum atomic E-state index is -0.377. The van der Waals surface area contributed by atoms with Crippen LogP contribution in [0, 0.1) is 30.7 Å². The van der Waals surface area contributed by atoms with Gasteiger partial charge in [-0.05, 0) is 12.8 Å². The van der Waals surface area contributed by atoms with Gasteiger partial charge in [-0.3, -0.25) is 4.79 Å². The van der Waals surface area contributed by atoms with Gasteiger partial charge in [-0.25, -0.2) is 0 Å². The summed E-state index contributed by atoms with van der Waals surface area (Å²) < 4.78 is 7.11. The number of fused-ring (bicyclic) bond motifs is 1. The number of aromatic nitrogens is 1. The van der Waals surface area contributed by atoms with E-state index in [2.05, 4.69) is 35.0 Å². The van der Waals surface area contributed by atoms with E-state index in [9.17, 15) is 9.90 Å². The number of ketones is 1. The number of carbonyl (C=O) groups excluding carboxylic acids is 1. The molecule has 6 heteroatoms. The molecule has 1 radical (unpaired) electrons. The second-order valence-corrected chi connectivity index (χ2v) is 11.6. The first-order valence-electron chi connectivity index (χ1n) is 11.3. The van der Waals surface area contributed by atoms with Crippen LogP contribution in [-0.2, 0) is 24.9 Å². The van der Waals surface area contributed by atoms with Gasteiger partial charge in [0.15, 0.2) is 5.78 Å². The van der Waals surface area contributed by atoms with Gasteiger partial charge in [-0.1, -0.05) is 41.5 Å². The molecule has 0 aliphatic rings. The zero-order valence-electron chi connectivity index (χ0n) is 21.4. The zero-order chi connectivity index (χ0) is 24.8. The van der Waals surface area contributed by atoms with Gasteiger partial charge in [0.2, 0.25) is 0 Å². The third kappa shape index (κ3) is 8.50. The van der Waals surface area contributed by atoms with Crippen molar-refractivity contribution < 1.29 is 34.7 Å². The summed E-state index contributed by atoms with van der Waals surface area (Å²) in [6.45, 7) is 15.7. The molecule has 4 nitrogen and oxygen atoms in total. The largest absolute Gasteiger partial charge is 0 e. The number of allylic oxidation sites excluding steroid dienone is 2. The Morgan fingerprint density at radius 1 is 1.12 bits per heavy atom. The monoisotopic (exact) mass is 707 g/mol. The van der Waals surface area contributed by atoms with E-state index in [4.69, 9.17) is 4.74 Å². The Labute approximate surface area is 223 Å². The standard InChI is InChI=1S/C15H12NOSe.C13H24O2.Ir/c1-10-5-11(2)7-13(6-10)17-15-8-14-12(9-16-15)3-4-18-14;1-7-12(3,4)10(14)9-11(15)13(5,6)8-2;/h3-6,8-9H,1-2H3;9,14H,7-8H2,1-6H3;/q-1;;/b;10-9-;. The number of aliphatic hydroxyl groups is 1. The topological polar surface area (TPSA) is 59.4 Å². The average Bonchev–Trinajstić information content (AvgIpc) is 3.21. The predicted octanol–water partition coefficient (Wildman–Crippen LogP) is 7.37. The van der Waals surface area contributed by atoms with Crippen molar-refractivity contribution in [3.05, 3.63) is 64.4 Å². The summed E-state index contributed by atoms with van der Waals surface area (Å²) in [6, 6.07) is 11.4. The number of aryl methyl sites for hydroxylation is 2. The van der Waals surface area contributed by atoms with Crippen molar-refractivity contribution >= 4 is 29.9 Å². The van der Waals surface area contributed by atoms with Gasteiger partial charge in [-0.15, -0.1) is 0 Å². The van der Waals surface area contributed by atoms with Crippen molar-refractivity contribution in [3.8, 4) is 11.6 Å². The van der Waals surface area contributed by atoms with E-state index in [-0.39, 0.29) is 42.5 Å². The van der Waals surface area contributed by atoms with Gasteiger partial charge < -0.3 is 5.11 Å². The van der Waals surface area contributed by atoms with Crippen LogP contribution in [0.3, 0.4) is 0 Å². The molecule has 2 aromatic heterocycles. The summed E-state index contributed by atoms with van der Waals surface area (Å²) in [5.41, 5.74) is 1.57. The molecule has 0 saturated carbocycles. The number of hydrogen-bond donors (Lipinski definition) is 1. The smallest absolute Gasteiger partial charge is 0 e. The van der Waals surface area contributed by atoms with Gasteiger partial charge in [-0.2, -0.15) is 0 Å². The Kier molecular flexibility index (Phi) is 11.4. The number of rotatable bonds is 7. The fraction of sp³-hybridized carbons (Fsp3) is 0.429. The maximum absolute atomic E-state index is 11.8. The molecule has 0 bridgehead atoms. The minimum absolute atomic E-state index is 0. The van der Waals surface area contributed by atoms with Crippen LogP contribution >= 0.6 is 0 Å². The summed E-state index contributed by atoms with van der Waals surface area (Å²) >= 11 is 0.419. The molecule has 1 aromatic carbocycles. The Morgan fingerprint density at radius 3 is 2.35 bits per heavy atom. The molecular weight excluding hydrogens is 669 g/mol. The molecule has 0 unspecified atom stereocenters. The summed E-state index contributed by atoms with van der Waals surface area (Å²) in [5, 5.41) is 11.1. The molecular formula is C28H36IrNO3Se-. The maximum atomic E-state index is 11.8. The number of nitrogens with zero attached hydrogens (tertiary/aromatic N) is 1. The zero-order valence-corrected chi connectivity index (χ0v) is 25.5. The first-order chi connectivity index (χ1) is 15.4. The molecule has 0 saturated heterocycles. The van der Waals surface area contributed by atoms with E-state index in [0.29, 0.717) is 20.4 Å². The molecule has 0 spiro atoms. The number of carbonyl (C=O) groups is 1. The normalized spacial score (nSPS) is 11.9. The van der Waals surface area contributed by atoms with Crippen LogP contribution in [-0.4, -0.2) is 30.4 Å². The molecule has 34 heavy (non-hydrogen) atoms. The van der Waals surface area contributed by atoms with Crippen LogP contribution in [0.1, 0.15) is 65.5 Å². The second kappa shape index (κ2) is 12.8. The average molecular weight is 706 g/mol. The van der Waals surface area contributed by atoms with Crippen LogP contribution in [0.25, 0.3) is 9.65 Å². The van der Waals surface area contributed by atoms with E-state index < -0.39 is 0 Å². The van der Waals surface area contributed by atoms with Crippen LogP contribution in [0.2, 0.25) is 0 Å². The molecule has 0 aliphatic heterocycles.